The van der Waals surface area contributed by atoms with Crippen LogP contribution in [0.15, 0.2) is 0 Å². The predicted octanol–water partition coefficient (Wildman–Crippen LogP) is -0.750. The van der Waals surface area contributed by atoms with Crippen LogP contribution in [0.25, 0.3) is 0 Å². The molecular formula is C10H14O5. The Morgan fingerprint density at radius 3 is 2.80 bits per heavy atom. The van der Waals surface area contributed by atoms with Crippen LogP contribution in [0.1, 0.15) is 19.8 Å². The molecule has 0 aromatic rings. The van der Waals surface area contributed by atoms with Gasteiger partial charge in [0.25, 0.3) is 0 Å². The zero-order valence-corrected chi connectivity index (χ0v) is 8.47. The fraction of sp³-hybridized carbons (Fsp3) is 0.800. The molecule has 0 bridgehead atoms. The predicted molar refractivity (Wildman–Crippen MR) is 48.8 cm³/mol. The van der Waals surface area contributed by atoms with E-state index in [1.165, 1.54) is 6.92 Å². The van der Waals surface area contributed by atoms with Crippen molar-refractivity contribution in [1.29, 1.82) is 0 Å². The van der Waals surface area contributed by atoms with Crippen molar-refractivity contribution >= 4 is 11.8 Å². The minimum absolute atomic E-state index is 0.106. The molecule has 0 spiro atoms. The standard InChI is InChI=1S/C10H14O5/c1-10(14)3-7-5(2-8(10)12)6(4-11)9(13)15-7/h5-7,11,14H,2-4H2,1H3/t5-,6-,7-,10+/m1/s1. The highest BCUT2D eigenvalue weighted by Gasteiger charge is 2.53. The monoisotopic (exact) mass is 214 g/mol. The number of aliphatic hydroxyl groups is 2. The SMILES string of the molecule is C[C@]1(O)C[C@H]2OC(=O)[C@H](CO)[C@H]2CC1=O. The van der Waals surface area contributed by atoms with Gasteiger partial charge in [-0.05, 0) is 6.92 Å². The lowest BCUT2D eigenvalue weighted by Gasteiger charge is -2.34. The number of aliphatic hydroxyl groups excluding tert-OH is 1. The van der Waals surface area contributed by atoms with Crippen LogP contribution >= 0.6 is 0 Å². The Hall–Kier alpha value is -0.940. The van der Waals surface area contributed by atoms with E-state index < -0.39 is 23.6 Å². The maximum absolute atomic E-state index is 11.5. The Morgan fingerprint density at radius 2 is 2.20 bits per heavy atom. The summed E-state index contributed by atoms with van der Waals surface area (Å²) in [6.45, 7) is 1.14. The Morgan fingerprint density at radius 1 is 1.53 bits per heavy atom. The van der Waals surface area contributed by atoms with Gasteiger partial charge in [0.1, 0.15) is 11.7 Å². The second-order valence-corrected chi connectivity index (χ2v) is 4.53. The highest BCUT2D eigenvalue weighted by Crippen LogP contribution is 2.40. The third kappa shape index (κ3) is 1.55. The topological polar surface area (TPSA) is 83.8 Å². The van der Waals surface area contributed by atoms with E-state index in [-0.39, 0.29) is 31.1 Å². The van der Waals surface area contributed by atoms with E-state index >= 15 is 0 Å². The zero-order valence-electron chi connectivity index (χ0n) is 8.47. The average Bonchev–Trinajstić information content (AvgIpc) is 2.41. The minimum Gasteiger partial charge on any atom is -0.462 e. The molecule has 1 aliphatic heterocycles. The van der Waals surface area contributed by atoms with E-state index in [0.29, 0.717) is 0 Å². The molecule has 84 valence electrons. The van der Waals surface area contributed by atoms with Crippen molar-refractivity contribution in [2.75, 3.05) is 6.61 Å². The molecule has 0 radical (unpaired) electrons. The molecule has 1 saturated carbocycles. The molecule has 0 amide bonds. The maximum atomic E-state index is 11.5. The highest BCUT2D eigenvalue weighted by molar-refractivity contribution is 5.89. The van der Waals surface area contributed by atoms with E-state index in [4.69, 9.17) is 9.84 Å². The van der Waals surface area contributed by atoms with Gasteiger partial charge >= 0.3 is 5.97 Å². The molecule has 1 saturated heterocycles. The number of ether oxygens (including phenoxy) is 1. The summed E-state index contributed by atoms with van der Waals surface area (Å²) in [5.41, 5.74) is -1.40. The zero-order chi connectivity index (χ0) is 11.2. The van der Waals surface area contributed by atoms with Gasteiger partial charge in [-0.3, -0.25) is 9.59 Å². The van der Waals surface area contributed by atoms with Crippen LogP contribution in [-0.2, 0) is 14.3 Å². The van der Waals surface area contributed by atoms with E-state index in [9.17, 15) is 14.7 Å². The molecule has 5 heteroatoms. The summed E-state index contributed by atoms with van der Waals surface area (Å²) in [4.78, 5) is 22.8. The molecule has 4 atom stereocenters. The number of Topliss-reactive ketones (excluding diaryl/α,β-unsaturated/α-hetero) is 1. The Balaban J connectivity index is 2.21. The summed E-state index contributed by atoms with van der Waals surface area (Å²) in [6, 6.07) is 0. The Bertz CT molecular complexity index is 309. The summed E-state index contributed by atoms with van der Waals surface area (Å²) in [6.07, 6.45) is -0.185. The number of carbonyl (C=O) groups is 2. The molecule has 0 aromatic heterocycles. The summed E-state index contributed by atoms with van der Waals surface area (Å²) in [7, 11) is 0. The fourth-order valence-electron chi connectivity index (χ4n) is 2.37. The Labute approximate surface area is 87.0 Å². The first kappa shape index (κ1) is 10.6. The fourth-order valence-corrected chi connectivity index (χ4v) is 2.37. The number of fused-ring (bicyclic) bond motifs is 1. The molecule has 2 N–H and O–H groups in total. The second-order valence-electron chi connectivity index (χ2n) is 4.53. The first-order valence-corrected chi connectivity index (χ1v) is 5.03. The van der Waals surface area contributed by atoms with Gasteiger partial charge in [-0.1, -0.05) is 0 Å². The van der Waals surface area contributed by atoms with Gasteiger partial charge in [0.15, 0.2) is 5.78 Å². The number of hydrogen-bond acceptors (Lipinski definition) is 5. The van der Waals surface area contributed by atoms with Gasteiger partial charge < -0.3 is 14.9 Å². The van der Waals surface area contributed by atoms with Gasteiger partial charge in [-0.2, -0.15) is 0 Å². The first-order valence-electron chi connectivity index (χ1n) is 5.03. The van der Waals surface area contributed by atoms with Crippen molar-refractivity contribution < 1.29 is 24.5 Å². The van der Waals surface area contributed by atoms with Crippen molar-refractivity contribution in [3.8, 4) is 0 Å². The molecular weight excluding hydrogens is 200 g/mol. The lowest BCUT2D eigenvalue weighted by Crippen LogP contribution is -2.47. The number of hydrogen-bond donors (Lipinski definition) is 2. The summed E-state index contributed by atoms with van der Waals surface area (Å²) < 4.78 is 5.04. The largest absolute Gasteiger partial charge is 0.462 e. The molecule has 2 rings (SSSR count). The van der Waals surface area contributed by atoms with Crippen molar-refractivity contribution in [2.45, 2.75) is 31.5 Å². The molecule has 0 unspecified atom stereocenters. The van der Waals surface area contributed by atoms with Gasteiger partial charge in [-0.25, -0.2) is 0 Å². The van der Waals surface area contributed by atoms with E-state index in [0.717, 1.165) is 0 Å². The van der Waals surface area contributed by atoms with E-state index in [2.05, 4.69) is 0 Å². The number of rotatable bonds is 1. The van der Waals surface area contributed by atoms with Crippen LogP contribution in [0.2, 0.25) is 0 Å². The van der Waals surface area contributed by atoms with Crippen molar-refractivity contribution in [1.82, 2.24) is 0 Å². The van der Waals surface area contributed by atoms with Crippen molar-refractivity contribution in [3.05, 3.63) is 0 Å². The minimum atomic E-state index is -1.40. The van der Waals surface area contributed by atoms with Crippen LogP contribution in [-0.4, -0.2) is 40.3 Å². The highest BCUT2D eigenvalue weighted by atomic mass is 16.6. The van der Waals surface area contributed by atoms with Crippen molar-refractivity contribution in [2.24, 2.45) is 11.8 Å². The quantitative estimate of drug-likeness (QED) is 0.561. The van der Waals surface area contributed by atoms with Gasteiger partial charge in [0.05, 0.1) is 12.5 Å². The normalized spacial score (nSPS) is 45.1. The van der Waals surface area contributed by atoms with Crippen LogP contribution in [0.3, 0.4) is 0 Å². The van der Waals surface area contributed by atoms with Crippen LogP contribution < -0.4 is 0 Å². The maximum Gasteiger partial charge on any atom is 0.312 e. The summed E-state index contributed by atoms with van der Waals surface area (Å²) >= 11 is 0. The lowest BCUT2D eigenvalue weighted by atomic mass is 9.73. The van der Waals surface area contributed by atoms with Crippen LogP contribution in [0, 0.1) is 11.8 Å². The molecule has 5 nitrogen and oxygen atoms in total. The van der Waals surface area contributed by atoms with E-state index in [1.807, 2.05) is 0 Å². The smallest absolute Gasteiger partial charge is 0.312 e. The summed E-state index contributed by atoms with van der Waals surface area (Å²) in [5, 5.41) is 18.7. The molecule has 2 fully saturated rings. The number of esters is 1. The average molecular weight is 214 g/mol. The van der Waals surface area contributed by atoms with Crippen LogP contribution in [0.4, 0.5) is 0 Å². The first-order chi connectivity index (χ1) is 6.95. The molecule has 1 aliphatic carbocycles. The number of ketones is 1. The third-order valence-corrected chi connectivity index (χ3v) is 3.38. The second kappa shape index (κ2) is 3.28. The Kier molecular flexibility index (Phi) is 2.31. The van der Waals surface area contributed by atoms with Crippen LogP contribution in [0.5, 0.6) is 0 Å². The third-order valence-electron chi connectivity index (χ3n) is 3.38. The lowest BCUT2D eigenvalue weighted by molar-refractivity contribution is -0.153. The van der Waals surface area contributed by atoms with E-state index in [1.54, 1.807) is 0 Å². The van der Waals surface area contributed by atoms with Gasteiger partial charge in [0, 0.05) is 18.8 Å². The molecule has 0 aromatic carbocycles. The van der Waals surface area contributed by atoms with Crippen molar-refractivity contribution in [3.63, 3.8) is 0 Å². The molecule has 15 heavy (non-hydrogen) atoms. The molecule has 1 heterocycles. The number of carbonyl (C=O) groups excluding carboxylic acids is 2. The van der Waals surface area contributed by atoms with Gasteiger partial charge in [0.2, 0.25) is 0 Å². The molecule has 2 aliphatic rings. The van der Waals surface area contributed by atoms with Gasteiger partial charge in [-0.15, -0.1) is 0 Å². The summed E-state index contributed by atoms with van der Waals surface area (Å²) in [5.74, 6) is -1.61.